The molecule has 0 aliphatic carbocycles. The topological polar surface area (TPSA) is 88.1 Å². The summed E-state index contributed by atoms with van der Waals surface area (Å²) in [6.45, 7) is 0.794. The Morgan fingerprint density at radius 1 is 1.11 bits per heavy atom. The fourth-order valence-corrected chi connectivity index (χ4v) is 3.57. The molecule has 28 heavy (non-hydrogen) atoms. The Kier molecular flexibility index (Phi) is 5.16. The van der Waals surface area contributed by atoms with Gasteiger partial charge in [-0.15, -0.1) is 0 Å². The van der Waals surface area contributed by atoms with E-state index in [0.29, 0.717) is 24.6 Å². The van der Waals surface area contributed by atoms with E-state index in [4.69, 9.17) is 9.47 Å². The van der Waals surface area contributed by atoms with Crippen molar-refractivity contribution in [2.24, 2.45) is 0 Å². The number of carbonyl (C=O) groups excluding carboxylic acids is 2. The van der Waals surface area contributed by atoms with Gasteiger partial charge in [0, 0.05) is 13.1 Å². The van der Waals surface area contributed by atoms with E-state index in [1.54, 1.807) is 23.1 Å². The number of rotatable bonds is 5. The Bertz CT molecular complexity index is 898. The summed E-state index contributed by atoms with van der Waals surface area (Å²) in [5.41, 5.74) is 3.09. The van der Waals surface area contributed by atoms with Crippen molar-refractivity contribution < 1.29 is 24.2 Å². The van der Waals surface area contributed by atoms with E-state index in [0.717, 1.165) is 17.5 Å². The molecule has 2 N–H and O–H groups in total. The summed E-state index contributed by atoms with van der Waals surface area (Å²) in [7, 11) is 0. The Labute approximate surface area is 162 Å². The quantitative estimate of drug-likeness (QED) is 0.806. The largest absolute Gasteiger partial charge is 0.454 e. The van der Waals surface area contributed by atoms with Gasteiger partial charge in [0.1, 0.15) is 6.04 Å². The van der Waals surface area contributed by atoms with Crippen LogP contribution in [0.5, 0.6) is 11.5 Å². The standard InChI is InChI=1S/C21H22N2O5/c24-12-17(21(26)23-8-7-15-3-1-2-4-16(15)11-23)22-20(25)10-14-5-6-18-19(9-14)28-13-27-18/h1-6,9,17,24H,7-8,10-13H2,(H,22,25). The molecule has 1 unspecified atom stereocenters. The van der Waals surface area contributed by atoms with E-state index in [1.807, 2.05) is 18.2 Å². The van der Waals surface area contributed by atoms with Crippen LogP contribution in [0.2, 0.25) is 0 Å². The maximum atomic E-state index is 12.8. The molecule has 0 saturated carbocycles. The highest BCUT2D eigenvalue weighted by Gasteiger charge is 2.28. The molecule has 2 amide bonds. The third kappa shape index (κ3) is 3.80. The molecule has 2 heterocycles. The minimum Gasteiger partial charge on any atom is -0.454 e. The third-order valence-corrected chi connectivity index (χ3v) is 5.06. The summed E-state index contributed by atoms with van der Waals surface area (Å²) < 4.78 is 10.6. The lowest BCUT2D eigenvalue weighted by atomic mass is 9.99. The molecule has 4 rings (SSSR count). The van der Waals surface area contributed by atoms with Gasteiger partial charge in [-0.3, -0.25) is 9.59 Å². The highest BCUT2D eigenvalue weighted by molar-refractivity contribution is 5.88. The number of ether oxygens (including phenoxy) is 2. The summed E-state index contributed by atoms with van der Waals surface area (Å²) in [6, 6.07) is 12.3. The minimum absolute atomic E-state index is 0.0866. The van der Waals surface area contributed by atoms with Gasteiger partial charge in [0.2, 0.25) is 18.6 Å². The van der Waals surface area contributed by atoms with Crippen LogP contribution in [0.1, 0.15) is 16.7 Å². The number of aliphatic hydroxyl groups excluding tert-OH is 1. The van der Waals surface area contributed by atoms with E-state index < -0.39 is 12.6 Å². The smallest absolute Gasteiger partial charge is 0.247 e. The van der Waals surface area contributed by atoms with Crippen molar-refractivity contribution >= 4 is 11.8 Å². The van der Waals surface area contributed by atoms with Crippen LogP contribution in [0.15, 0.2) is 42.5 Å². The second kappa shape index (κ2) is 7.90. The fourth-order valence-electron chi connectivity index (χ4n) is 3.57. The van der Waals surface area contributed by atoms with Crippen LogP contribution >= 0.6 is 0 Å². The molecule has 2 aromatic carbocycles. The van der Waals surface area contributed by atoms with Gasteiger partial charge in [-0.05, 0) is 35.2 Å². The predicted octanol–water partition coefficient (Wildman–Crippen LogP) is 1.02. The molecule has 2 aromatic rings. The first-order valence-corrected chi connectivity index (χ1v) is 9.28. The van der Waals surface area contributed by atoms with Crippen molar-refractivity contribution in [3.05, 3.63) is 59.2 Å². The summed E-state index contributed by atoms with van der Waals surface area (Å²) in [6.07, 6.45) is 0.856. The molecule has 1 atom stereocenters. The summed E-state index contributed by atoms with van der Waals surface area (Å²) in [5, 5.41) is 12.3. The third-order valence-electron chi connectivity index (χ3n) is 5.06. The van der Waals surface area contributed by atoms with Crippen molar-refractivity contribution in [1.29, 1.82) is 0 Å². The molecular weight excluding hydrogens is 360 g/mol. The monoisotopic (exact) mass is 382 g/mol. The van der Waals surface area contributed by atoms with Gasteiger partial charge in [0.15, 0.2) is 11.5 Å². The maximum Gasteiger partial charge on any atom is 0.247 e. The molecule has 0 spiro atoms. The second-order valence-corrected chi connectivity index (χ2v) is 6.95. The number of benzene rings is 2. The number of amides is 2. The predicted molar refractivity (Wildman–Crippen MR) is 101 cm³/mol. The molecule has 2 aliphatic rings. The normalized spacial score (nSPS) is 15.7. The van der Waals surface area contributed by atoms with Crippen LogP contribution in [0.3, 0.4) is 0 Å². The maximum absolute atomic E-state index is 12.8. The summed E-state index contributed by atoms with van der Waals surface area (Å²) in [5.74, 6) is 0.657. The highest BCUT2D eigenvalue weighted by Crippen LogP contribution is 2.32. The number of fused-ring (bicyclic) bond motifs is 2. The fraction of sp³-hybridized carbons (Fsp3) is 0.333. The first-order valence-electron chi connectivity index (χ1n) is 9.28. The molecule has 0 fully saturated rings. The van der Waals surface area contributed by atoms with E-state index in [1.165, 1.54) is 5.56 Å². The molecule has 7 nitrogen and oxygen atoms in total. The Morgan fingerprint density at radius 2 is 1.89 bits per heavy atom. The van der Waals surface area contributed by atoms with Gasteiger partial charge in [0.05, 0.1) is 13.0 Å². The lowest BCUT2D eigenvalue weighted by Gasteiger charge is -2.31. The number of carbonyl (C=O) groups is 2. The van der Waals surface area contributed by atoms with Gasteiger partial charge in [0.25, 0.3) is 0 Å². The van der Waals surface area contributed by atoms with Gasteiger partial charge < -0.3 is 24.8 Å². The molecular formula is C21H22N2O5. The number of nitrogens with one attached hydrogen (secondary N) is 1. The average molecular weight is 382 g/mol. The van der Waals surface area contributed by atoms with Crippen molar-refractivity contribution in [2.45, 2.75) is 25.4 Å². The van der Waals surface area contributed by atoms with Crippen LogP contribution in [0.4, 0.5) is 0 Å². The second-order valence-electron chi connectivity index (χ2n) is 6.95. The van der Waals surface area contributed by atoms with Gasteiger partial charge in [-0.2, -0.15) is 0 Å². The zero-order valence-corrected chi connectivity index (χ0v) is 15.4. The van der Waals surface area contributed by atoms with Crippen molar-refractivity contribution in [2.75, 3.05) is 19.9 Å². The molecule has 0 radical (unpaired) electrons. The molecule has 146 valence electrons. The van der Waals surface area contributed by atoms with Crippen LogP contribution in [-0.2, 0) is 29.0 Å². The minimum atomic E-state index is -0.952. The first-order chi connectivity index (χ1) is 13.6. The van der Waals surface area contributed by atoms with Crippen LogP contribution in [-0.4, -0.2) is 47.8 Å². The van der Waals surface area contributed by atoms with Crippen molar-refractivity contribution in [3.63, 3.8) is 0 Å². The van der Waals surface area contributed by atoms with Crippen LogP contribution in [0, 0.1) is 0 Å². The van der Waals surface area contributed by atoms with E-state index in [9.17, 15) is 14.7 Å². The van der Waals surface area contributed by atoms with Crippen LogP contribution < -0.4 is 14.8 Å². The lowest BCUT2D eigenvalue weighted by Crippen LogP contribution is -2.51. The molecule has 2 aliphatic heterocycles. The van der Waals surface area contributed by atoms with Crippen LogP contribution in [0.25, 0.3) is 0 Å². The highest BCUT2D eigenvalue weighted by atomic mass is 16.7. The zero-order chi connectivity index (χ0) is 19.5. The molecule has 0 saturated heterocycles. The Hall–Kier alpha value is -3.06. The lowest BCUT2D eigenvalue weighted by molar-refractivity contribution is -0.138. The van der Waals surface area contributed by atoms with E-state index in [2.05, 4.69) is 11.4 Å². The summed E-state index contributed by atoms with van der Waals surface area (Å²) >= 11 is 0. The van der Waals surface area contributed by atoms with Gasteiger partial charge in [-0.1, -0.05) is 30.3 Å². The number of nitrogens with zero attached hydrogens (tertiary/aromatic N) is 1. The Balaban J connectivity index is 1.37. The number of hydrogen-bond acceptors (Lipinski definition) is 5. The molecule has 0 aromatic heterocycles. The number of aliphatic hydroxyl groups is 1. The Morgan fingerprint density at radius 3 is 2.71 bits per heavy atom. The SMILES string of the molecule is O=C(Cc1ccc2c(c1)OCO2)NC(CO)C(=O)N1CCc2ccccc2C1. The molecule has 0 bridgehead atoms. The van der Waals surface area contributed by atoms with E-state index >= 15 is 0 Å². The summed E-state index contributed by atoms with van der Waals surface area (Å²) in [4.78, 5) is 26.9. The van der Waals surface area contributed by atoms with Crippen molar-refractivity contribution in [3.8, 4) is 11.5 Å². The van der Waals surface area contributed by atoms with Gasteiger partial charge in [-0.25, -0.2) is 0 Å². The first kappa shape index (κ1) is 18.3. The zero-order valence-electron chi connectivity index (χ0n) is 15.4. The average Bonchev–Trinajstić information content (AvgIpc) is 3.19. The van der Waals surface area contributed by atoms with Crippen molar-refractivity contribution in [1.82, 2.24) is 10.2 Å². The van der Waals surface area contributed by atoms with E-state index in [-0.39, 0.29) is 25.0 Å². The molecule has 7 heteroatoms. The number of hydrogen-bond donors (Lipinski definition) is 2. The van der Waals surface area contributed by atoms with Gasteiger partial charge >= 0.3 is 0 Å².